The van der Waals surface area contributed by atoms with Crippen LogP contribution in [-0.4, -0.2) is 33.7 Å². The molecule has 1 aliphatic rings. The van der Waals surface area contributed by atoms with Crippen LogP contribution in [0, 0.1) is 5.41 Å². The van der Waals surface area contributed by atoms with Gasteiger partial charge in [0.2, 0.25) is 5.91 Å². The van der Waals surface area contributed by atoms with Gasteiger partial charge in [0.25, 0.3) is 0 Å². The molecule has 1 amide bonds. The van der Waals surface area contributed by atoms with Crippen molar-refractivity contribution in [3.05, 3.63) is 12.3 Å². The summed E-state index contributed by atoms with van der Waals surface area (Å²) in [5, 5.41) is 4.05. The normalized spacial score (nSPS) is 18.5. The number of aromatic nitrogens is 2. The monoisotopic (exact) mass is 264 g/mol. The molecule has 2 rings (SSSR count). The zero-order valence-corrected chi connectivity index (χ0v) is 11.9. The molecule has 19 heavy (non-hydrogen) atoms. The number of carbonyl (C=O) groups excluding carboxylic acids is 1. The van der Waals surface area contributed by atoms with Gasteiger partial charge in [0.1, 0.15) is 12.4 Å². The van der Waals surface area contributed by atoms with Crippen LogP contribution >= 0.6 is 0 Å². The van der Waals surface area contributed by atoms with E-state index >= 15 is 0 Å². The highest BCUT2D eigenvalue weighted by atomic mass is 16.2. The van der Waals surface area contributed by atoms with Crippen LogP contribution in [0.15, 0.2) is 12.3 Å². The molecular formula is C14H24N4O. The van der Waals surface area contributed by atoms with Gasteiger partial charge in [-0.05, 0) is 24.3 Å². The molecule has 0 saturated carbocycles. The van der Waals surface area contributed by atoms with Crippen molar-refractivity contribution in [2.45, 2.75) is 46.1 Å². The number of anilines is 1. The number of carbonyl (C=O) groups is 1. The lowest BCUT2D eigenvalue weighted by Crippen LogP contribution is -2.44. The van der Waals surface area contributed by atoms with Crippen LogP contribution in [0.25, 0.3) is 0 Å². The fourth-order valence-corrected chi connectivity index (χ4v) is 2.89. The molecule has 5 nitrogen and oxygen atoms in total. The van der Waals surface area contributed by atoms with Gasteiger partial charge < -0.3 is 10.6 Å². The van der Waals surface area contributed by atoms with Crippen molar-refractivity contribution in [1.29, 1.82) is 0 Å². The van der Waals surface area contributed by atoms with Crippen LogP contribution < -0.4 is 5.73 Å². The van der Waals surface area contributed by atoms with Gasteiger partial charge in [0.15, 0.2) is 0 Å². The maximum Gasteiger partial charge on any atom is 0.244 e. The maximum atomic E-state index is 12.2. The van der Waals surface area contributed by atoms with Crippen molar-refractivity contribution in [2.24, 2.45) is 5.41 Å². The van der Waals surface area contributed by atoms with Crippen molar-refractivity contribution < 1.29 is 4.79 Å². The Balaban J connectivity index is 1.89. The second-order valence-electron chi connectivity index (χ2n) is 5.53. The van der Waals surface area contributed by atoms with Crippen molar-refractivity contribution in [3.8, 4) is 0 Å². The third-order valence-electron chi connectivity index (χ3n) is 4.64. The second-order valence-corrected chi connectivity index (χ2v) is 5.53. The molecule has 0 bridgehead atoms. The molecule has 1 fully saturated rings. The van der Waals surface area contributed by atoms with Gasteiger partial charge in [0.05, 0.1) is 0 Å². The Bertz CT molecular complexity index is 426. The van der Waals surface area contributed by atoms with Crippen molar-refractivity contribution >= 4 is 11.7 Å². The molecular weight excluding hydrogens is 240 g/mol. The first-order valence-corrected chi connectivity index (χ1v) is 7.15. The summed E-state index contributed by atoms with van der Waals surface area (Å²) in [7, 11) is 0. The second kappa shape index (κ2) is 5.63. The van der Waals surface area contributed by atoms with Crippen molar-refractivity contribution in [3.63, 3.8) is 0 Å². The summed E-state index contributed by atoms with van der Waals surface area (Å²) in [6.07, 6.45) is 6.40. The number of amides is 1. The predicted molar refractivity (Wildman–Crippen MR) is 75.5 cm³/mol. The molecule has 1 aromatic heterocycles. The number of nitrogen functional groups attached to an aromatic ring is 1. The summed E-state index contributed by atoms with van der Waals surface area (Å²) in [5.41, 5.74) is 6.00. The Labute approximate surface area is 114 Å². The summed E-state index contributed by atoms with van der Waals surface area (Å²) < 4.78 is 1.61. The van der Waals surface area contributed by atoms with Gasteiger partial charge >= 0.3 is 0 Å². The van der Waals surface area contributed by atoms with E-state index in [4.69, 9.17) is 5.73 Å². The zero-order chi connectivity index (χ0) is 13.9. The summed E-state index contributed by atoms with van der Waals surface area (Å²) in [4.78, 5) is 14.1. The molecule has 0 aliphatic carbocycles. The topological polar surface area (TPSA) is 64.2 Å². The SMILES string of the molecule is CCC1(CC)CCN(C(=O)Cn2ccc(N)n2)CC1. The molecule has 0 unspecified atom stereocenters. The molecule has 1 aromatic rings. The van der Waals surface area contributed by atoms with E-state index in [1.807, 2.05) is 4.90 Å². The lowest BCUT2D eigenvalue weighted by atomic mass is 9.74. The molecule has 0 aromatic carbocycles. The Morgan fingerprint density at radius 2 is 2.00 bits per heavy atom. The molecule has 0 spiro atoms. The highest BCUT2D eigenvalue weighted by Gasteiger charge is 2.32. The average molecular weight is 264 g/mol. The van der Waals surface area contributed by atoms with Crippen LogP contribution in [0.4, 0.5) is 5.82 Å². The molecule has 0 radical (unpaired) electrons. The summed E-state index contributed by atoms with van der Waals surface area (Å²) in [6, 6.07) is 1.71. The molecule has 2 heterocycles. The van der Waals surface area contributed by atoms with Crippen LogP contribution in [0.1, 0.15) is 39.5 Å². The Morgan fingerprint density at radius 3 is 2.47 bits per heavy atom. The lowest BCUT2D eigenvalue weighted by Gasteiger charge is -2.41. The average Bonchev–Trinajstić information content (AvgIpc) is 2.84. The number of rotatable bonds is 4. The summed E-state index contributed by atoms with van der Waals surface area (Å²) >= 11 is 0. The molecule has 106 valence electrons. The van der Waals surface area contributed by atoms with Crippen LogP contribution in [-0.2, 0) is 11.3 Å². The van der Waals surface area contributed by atoms with E-state index in [-0.39, 0.29) is 5.91 Å². The Hall–Kier alpha value is -1.52. The third-order valence-corrected chi connectivity index (χ3v) is 4.64. The molecule has 1 aliphatic heterocycles. The summed E-state index contributed by atoms with van der Waals surface area (Å²) in [6.45, 7) is 6.55. The van der Waals surface area contributed by atoms with Crippen LogP contribution in [0.3, 0.4) is 0 Å². The number of likely N-dealkylation sites (tertiary alicyclic amines) is 1. The minimum atomic E-state index is 0.143. The molecule has 1 saturated heterocycles. The highest BCUT2D eigenvalue weighted by Crippen LogP contribution is 2.37. The fraction of sp³-hybridized carbons (Fsp3) is 0.714. The van der Waals surface area contributed by atoms with E-state index in [2.05, 4.69) is 18.9 Å². The van der Waals surface area contributed by atoms with E-state index < -0.39 is 0 Å². The van der Waals surface area contributed by atoms with Gasteiger partial charge in [-0.15, -0.1) is 0 Å². The van der Waals surface area contributed by atoms with Crippen molar-refractivity contribution in [2.75, 3.05) is 18.8 Å². The van der Waals surface area contributed by atoms with Gasteiger partial charge in [-0.1, -0.05) is 26.7 Å². The van der Waals surface area contributed by atoms with E-state index in [0.29, 0.717) is 17.8 Å². The fourth-order valence-electron chi connectivity index (χ4n) is 2.89. The largest absolute Gasteiger partial charge is 0.382 e. The first-order chi connectivity index (χ1) is 9.08. The minimum absolute atomic E-state index is 0.143. The number of nitrogens with two attached hydrogens (primary N) is 1. The first-order valence-electron chi connectivity index (χ1n) is 7.15. The molecule has 5 heteroatoms. The smallest absolute Gasteiger partial charge is 0.244 e. The molecule has 0 atom stereocenters. The number of hydrogen-bond donors (Lipinski definition) is 1. The van der Waals surface area contributed by atoms with Gasteiger partial charge in [-0.2, -0.15) is 5.10 Å². The third kappa shape index (κ3) is 3.08. The van der Waals surface area contributed by atoms with Gasteiger partial charge in [-0.3, -0.25) is 9.48 Å². The Morgan fingerprint density at radius 1 is 1.37 bits per heavy atom. The highest BCUT2D eigenvalue weighted by molar-refractivity contribution is 5.76. The first kappa shape index (κ1) is 13.9. The van der Waals surface area contributed by atoms with Gasteiger partial charge in [-0.25, -0.2) is 0 Å². The predicted octanol–water partition coefficient (Wildman–Crippen LogP) is 1.89. The summed E-state index contributed by atoms with van der Waals surface area (Å²) in [5.74, 6) is 0.603. The van der Waals surface area contributed by atoms with Gasteiger partial charge in [0, 0.05) is 19.3 Å². The zero-order valence-electron chi connectivity index (χ0n) is 11.9. The van der Waals surface area contributed by atoms with E-state index in [0.717, 1.165) is 25.9 Å². The van der Waals surface area contributed by atoms with Crippen LogP contribution in [0.2, 0.25) is 0 Å². The lowest BCUT2D eigenvalue weighted by molar-refractivity contribution is -0.134. The number of nitrogens with zero attached hydrogens (tertiary/aromatic N) is 3. The van der Waals surface area contributed by atoms with E-state index in [1.165, 1.54) is 12.8 Å². The molecule has 2 N–H and O–H groups in total. The van der Waals surface area contributed by atoms with Crippen molar-refractivity contribution in [1.82, 2.24) is 14.7 Å². The maximum absolute atomic E-state index is 12.2. The van der Waals surface area contributed by atoms with E-state index in [1.54, 1.807) is 16.9 Å². The quantitative estimate of drug-likeness (QED) is 0.903. The van der Waals surface area contributed by atoms with E-state index in [9.17, 15) is 4.79 Å². The number of hydrogen-bond acceptors (Lipinski definition) is 3. The minimum Gasteiger partial charge on any atom is -0.382 e. The standard InChI is InChI=1S/C14H24N4O/c1-3-14(4-2)6-9-17(10-7-14)13(19)11-18-8-5-12(15)16-18/h5,8H,3-4,6-7,9-11H2,1-2H3,(H2,15,16). The van der Waals surface area contributed by atoms with Crippen LogP contribution in [0.5, 0.6) is 0 Å². The Kier molecular flexibility index (Phi) is 4.12. The number of piperidine rings is 1.